The number of hydrogen-bond donors (Lipinski definition) is 0. The van der Waals surface area contributed by atoms with E-state index in [0.29, 0.717) is 6.04 Å². The van der Waals surface area contributed by atoms with E-state index in [-0.39, 0.29) is 0 Å². The normalized spacial score (nSPS) is 18.3. The average molecular weight is 273 g/mol. The molecule has 3 aromatic rings. The fourth-order valence-corrected chi connectivity index (χ4v) is 3.42. The number of aromatic nitrogens is 1. The summed E-state index contributed by atoms with van der Waals surface area (Å²) in [5, 5.41) is 2.71. The van der Waals surface area contributed by atoms with E-state index in [1.54, 1.807) is 0 Å². The quantitative estimate of drug-likeness (QED) is 0.570. The smallest absolute Gasteiger partial charge is 0.0560 e. The van der Waals surface area contributed by atoms with Crippen LogP contribution < -0.4 is 0 Å². The second-order valence-electron chi connectivity index (χ2n) is 5.70. The molecule has 2 aromatic carbocycles. The highest BCUT2D eigenvalue weighted by Gasteiger charge is 2.16. The summed E-state index contributed by atoms with van der Waals surface area (Å²) in [4.78, 5) is 0. The molecule has 4 rings (SSSR count). The number of nitrogens with zero attached hydrogens (tertiary/aromatic N) is 1. The Balaban J connectivity index is 1.95. The third kappa shape index (κ3) is 1.92. The second kappa shape index (κ2) is 4.92. The molecule has 1 aliphatic carbocycles. The minimum absolute atomic E-state index is 0.421. The van der Waals surface area contributed by atoms with E-state index in [1.807, 2.05) is 0 Å². The molecule has 0 saturated heterocycles. The van der Waals surface area contributed by atoms with Crippen molar-refractivity contribution in [3.8, 4) is 0 Å². The summed E-state index contributed by atoms with van der Waals surface area (Å²) in [7, 11) is 0. The summed E-state index contributed by atoms with van der Waals surface area (Å²) in [6.45, 7) is 2.22. The fraction of sp³-hybridized carbons (Fsp3) is 0.200. The zero-order valence-corrected chi connectivity index (χ0v) is 12.3. The van der Waals surface area contributed by atoms with Crippen LogP contribution in [0.4, 0.5) is 0 Å². The third-order valence-corrected chi connectivity index (χ3v) is 4.51. The molecule has 0 radical (unpaired) electrons. The summed E-state index contributed by atoms with van der Waals surface area (Å²) in [6.07, 6.45) is 9.24. The van der Waals surface area contributed by atoms with E-state index in [1.165, 1.54) is 27.4 Å². The van der Waals surface area contributed by atoms with Crippen LogP contribution >= 0.6 is 0 Å². The molecular formula is C20H19N. The number of hydrogen-bond acceptors (Lipinski definition) is 0. The summed E-state index contributed by atoms with van der Waals surface area (Å²) in [5.41, 5.74) is 4.12. The predicted octanol–water partition coefficient (Wildman–Crippen LogP) is 5.63. The first-order valence-corrected chi connectivity index (χ1v) is 7.73. The van der Waals surface area contributed by atoms with Gasteiger partial charge in [-0.2, -0.15) is 0 Å². The van der Waals surface area contributed by atoms with Gasteiger partial charge in [-0.05, 0) is 25.0 Å². The Morgan fingerprint density at radius 2 is 1.57 bits per heavy atom. The zero-order valence-electron chi connectivity index (χ0n) is 12.3. The molecule has 0 spiro atoms. The predicted molar refractivity (Wildman–Crippen MR) is 90.6 cm³/mol. The van der Waals surface area contributed by atoms with E-state index in [4.69, 9.17) is 0 Å². The molecule has 1 aliphatic rings. The number of benzene rings is 2. The van der Waals surface area contributed by atoms with Gasteiger partial charge in [-0.15, -0.1) is 0 Å². The molecule has 0 N–H and O–H groups in total. The van der Waals surface area contributed by atoms with Crippen LogP contribution in [0.2, 0.25) is 0 Å². The molecule has 1 atom stereocenters. The molecule has 21 heavy (non-hydrogen) atoms. The van der Waals surface area contributed by atoms with E-state index in [0.717, 1.165) is 12.8 Å². The Bertz CT molecular complexity index is 811. The second-order valence-corrected chi connectivity index (χ2v) is 5.70. The van der Waals surface area contributed by atoms with Crippen molar-refractivity contribution in [1.29, 1.82) is 0 Å². The van der Waals surface area contributed by atoms with Crippen LogP contribution in [0, 0.1) is 0 Å². The minimum atomic E-state index is 0.421. The van der Waals surface area contributed by atoms with Gasteiger partial charge in [0.05, 0.1) is 6.04 Å². The van der Waals surface area contributed by atoms with Crippen LogP contribution in [0.3, 0.4) is 0 Å². The van der Waals surface area contributed by atoms with Gasteiger partial charge >= 0.3 is 0 Å². The minimum Gasteiger partial charge on any atom is -0.333 e. The molecule has 0 fully saturated rings. The molecule has 1 aromatic heterocycles. The molecule has 0 amide bonds. The maximum atomic E-state index is 2.49. The van der Waals surface area contributed by atoms with Crippen LogP contribution in [0.5, 0.6) is 0 Å². The maximum absolute atomic E-state index is 2.49. The Morgan fingerprint density at radius 3 is 2.10 bits per heavy atom. The zero-order chi connectivity index (χ0) is 14.2. The summed E-state index contributed by atoms with van der Waals surface area (Å²) < 4.78 is 2.49. The highest BCUT2D eigenvalue weighted by atomic mass is 15.0. The topological polar surface area (TPSA) is 4.93 Å². The highest BCUT2D eigenvalue weighted by molar-refractivity contribution is 6.08. The van der Waals surface area contributed by atoms with Crippen molar-refractivity contribution in [2.45, 2.75) is 25.8 Å². The van der Waals surface area contributed by atoms with Gasteiger partial charge in [0, 0.05) is 21.8 Å². The number of allylic oxidation sites excluding steroid dienone is 4. The van der Waals surface area contributed by atoms with Gasteiger partial charge in [0.1, 0.15) is 0 Å². The summed E-state index contributed by atoms with van der Waals surface area (Å²) in [6, 6.07) is 17.9. The first-order chi connectivity index (χ1) is 10.4. The Kier molecular flexibility index (Phi) is 2.92. The molecule has 1 nitrogen and oxygen atoms in total. The largest absolute Gasteiger partial charge is 0.333 e. The van der Waals surface area contributed by atoms with Crippen molar-refractivity contribution < 1.29 is 0 Å². The van der Waals surface area contributed by atoms with Crippen molar-refractivity contribution in [1.82, 2.24) is 4.57 Å². The van der Waals surface area contributed by atoms with Crippen molar-refractivity contribution in [3.05, 3.63) is 72.3 Å². The molecular weight excluding hydrogens is 254 g/mol. The first kappa shape index (κ1) is 12.5. The lowest BCUT2D eigenvalue weighted by atomic mass is 10.0. The van der Waals surface area contributed by atoms with Crippen LogP contribution in [-0.4, -0.2) is 4.57 Å². The number of fused-ring (bicyclic) bond motifs is 3. The van der Waals surface area contributed by atoms with Gasteiger partial charge in [0.15, 0.2) is 0 Å². The third-order valence-electron chi connectivity index (χ3n) is 4.51. The average Bonchev–Trinajstić information content (AvgIpc) is 2.90. The molecule has 0 bridgehead atoms. The molecule has 1 unspecified atom stereocenters. The molecule has 1 heterocycles. The van der Waals surface area contributed by atoms with Crippen molar-refractivity contribution in [3.63, 3.8) is 0 Å². The Hall–Kier alpha value is -2.28. The maximum Gasteiger partial charge on any atom is 0.0560 e. The molecule has 1 heteroatoms. The lowest BCUT2D eigenvalue weighted by Crippen LogP contribution is -2.07. The SMILES string of the molecule is CCC1=CCC(n2c3ccccc3c3ccccc32)C=C1. The summed E-state index contributed by atoms with van der Waals surface area (Å²) in [5.74, 6) is 0. The molecule has 0 aliphatic heterocycles. The lowest BCUT2D eigenvalue weighted by Gasteiger charge is -2.20. The van der Waals surface area contributed by atoms with Gasteiger partial charge in [0.25, 0.3) is 0 Å². The van der Waals surface area contributed by atoms with Crippen LogP contribution in [0.1, 0.15) is 25.8 Å². The fourth-order valence-electron chi connectivity index (χ4n) is 3.42. The molecule has 0 saturated carbocycles. The standard InChI is InChI=1S/C20H19N/c1-2-15-11-13-16(14-12-15)21-19-9-5-3-7-17(19)18-8-4-6-10-20(18)21/h3-13,16H,2,14H2,1H3. The molecule has 104 valence electrons. The van der Waals surface area contributed by atoms with E-state index in [9.17, 15) is 0 Å². The lowest BCUT2D eigenvalue weighted by molar-refractivity contribution is 0.642. The van der Waals surface area contributed by atoms with Crippen molar-refractivity contribution in [2.24, 2.45) is 0 Å². The Morgan fingerprint density at radius 1 is 0.952 bits per heavy atom. The van der Waals surface area contributed by atoms with Crippen LogP contribution in [-0.2, 0) is 0 Å². The van der Waals surface area contributed by atoms with Gasteiger partial charge in [-0.3, -0.25) is 0 Å². The first-order valence-electron chi connectivity index (χ1n) is 7.73. The van der Waals surface area contributed by atoms with Gasteiger partial charge < -0.3 is 4.57 Å². The van der Waals surface area contributed by atoms with Gasteiger partial charge in [-0.25, -0.2) is 0 Å². The van der Waals surface area contributed by atoms with E-state index in [2.05, 4.69) is 78.2 Å². The van der Waals surface area contributed by atoms with E-state index < -0.39 is 0 Å². The van der Waals surface area contributed by atoms with Crippen LogP contribution in [0.15, 0.2) is 72.3 Å². The van der Waals surface area contributed by atoms with E-state index >= 15 is 0 Å². The number of rotatable bonds is 2. The van der Waals surface area contributed by atoms with Crippen LogP contribution in [0.25, 0.3) is 21.8 Å². The monoisotopic (exact) mass is 273 g/mol. The van der Waals surface area contributed by atoms with Crippen molar-refractivity contribution >= 4 is 21.8 Å². The highest BCUT2D eigenvalue weighted by Crippen LogP contribution is 2.34. The Labute approximate surface area is 125 Å². The van der Waals surface area contributed by atoms with Gasteiger partial charge in [-0.1, -0.05) is 67.1 Å². The summed E-state index contributed by atoms with van der Waals surface area (Å²) >= 11 is 0. The van der Waals surface area contributed by atoms with Gasteiger partial charge in [0.2, 0.25) is 0 Å². The van der Waals surface area contributed by atoms with Crippen molar-refractivity contribution in [2.75, 3.05) is 0 Å². The number of para-hydroxylation sites is 2.